The quantitative estimate of drug-likeness (QED) is 0.675. The van der Waals surface area contributed by atoms with E-state index in [0.29, 0.717) is 27.7 Å². The predicted molar refractivity (Wildman–Crippen MR) is 98.0 cm³/mol. The first-order chi connectivity index (χ1) is 12.0. The number of aromatic nitrogens is 1. The molecule has 2 aromatic carbocycles. The third kappa shape index (κ3) is 3.89. The largest absolute Gasteiger partial charge is 0.419 e. The molecule has 0 radical (unpaired) electrons. The van der Waals surface area contributed by atoms with Crippen molar-refractivity contribution >= 4 is 40.2 Å². The van der Waals surface area contributed by atoms with E-state index < -0.39 is 5.76 Å². The van der Waals surface area contributed by atoms with Crippen LogP contribution < -0.4 is 5.76 Å². The number of halogens is 2. The van der Waals surface area contributed by atoms with Crippen molar-refractivity contribution in [3.63, 3.8) is 0 Å². The number of carbonyl (C=O) groups is 1. The van der Waals surface area contributed by atoms with Gasteiger partial charge in [0.25, 0.3) is 0 Å². The van der Waals surface area contributed by atoms with Crippen LogP contribution in [-0.2, 0) is 17.9 Å². The van der Waals surface area contributed by atoms with E-state index in [1.165, 1.54) is 4.57 Å². The first-order valence-electron chi connectivity index (χ1n) is 7.72. The van der Waals surface area contributed by atoms with Gasteiger partial charge >= 0.3 is 5.76 Å². The topological polar surface area (TPSA) is 55.5 Å². The van der Waals surface area contributed by atoms with Gasteiger partial charge in [0.2, 0.25) is 5.91 Å². The van der Waals surface area contributed by atoms with Crippen LogP contribution in [-0.4, -0.2) is 22.4 Å². The van der Waals surface area contributed by atoms with E-state index in [1.807, 2.05) is 6.07 Å². The number of hydrogen-bond donors (Lipinski definition) is 0. The molecule has 130 valence electrons. The number of hydrogen-bond acceptors (Lipinski definition) is 3. The second-order valence-electron chi connectivity index (χ2n) is 5.72. The fraction of sp³-hybridized carbons (Fsp3) is 0.222. The molecule has 0 N–H and O–H groups in total. The zero-order valence-electron chi connectivity index (χ0n) is 13.5. The fourth-order valence-corrected chi connectivity index (χ4v) is 3.09. The molecule has 7 heteroatoms. The van der Waals surface area contributed by atoms with Crippen LogP contribution in [0.15, 0.2) is 51.7 Å². The van der Waals surface area contributed by atoms with Gasteiger partial charge in [-0.25, -0.2) is 4.79 Å². The van der Waals surface area contributed by atoms with Crippen LogP contribution in [0.5, 0.6) is 0 Å². The summed E-state index contributed by atoms with van der Waals surface area (Å²) in [5.74, 6) is -0.555. The van der Waals surface area contributed by atoms with E-state index in [9.17, 15) is 9.59 Å². The van der Waals surface area contributed by atoms with Gasteiger partial charge in [0.15, 0.2) is 5.58 Å². The van der Waals surface area contributed by atoms with Crippen LogP contribution in [0.25, 0.3) is 11.1 Å². The minimum absolute atomic E-state index is 0.0943. The molecule has 0 spiro atoms. The van der Waals surface area contributed by atoms with Crippen LogP contribution in [0.2, 0.25) is 10.0 Å². The Morgan fingerprint density at radius 2 is 1.96 bits per heavy atom. The van der Waals surface area contributed by atoms with E-state index in [2.05, 4.69) is 0 Å². The Balaban J connectivity index is 1.67. The Morgan fingerprint density at radius 3 is 2.72 bits per heavy atom. The Kier molecular flexibility index (Phi) is 5.16. The van der Waals surface area contributed by atoms with Gasteiger partial charge < -0.3 is 9.32 Å². The second-order valence-corrected chi connectivity index (χ2v) is 6.57. The standard InChI is InChI=1S/C18H16Cl2N2O3/c1-21(11-12-6-7-13(19)10-14(12)20)17(23)8-9-22-15-4-2-3-5-16(15)25-18(22)24/h2-7,10H,8-9,11H2,1H3. The number of amides is 1. The van der Waals surface area contributed by atoms with E-state index in [4.69, 9.17) is 27.6 Å². The molecule has 0 bridgehead atoms. The Hall–Kier alpha value is -2.24. The first kappa shape index (κ1) is 17.6. The lowest BCUT2D eigenvalue weighted by Crippen LogP contribution is -2.28. The summed E-state index contributed by atoms with van der Waals surface area (Å²) in [4.78, 5) is 25.9. The van der Waals surface area contributed by atoms with Gasteiger partial charge in [0.05, 0.1) is 5.52 Å². The lowest BCUT2D eigenvalue weighted by Gasteiger charge is -2.18. The third-order valence-corrected chi connectivity index (χ3v) is 4.56. The normalized spacial score (nSPS) is 11.0. The summed E-state index contributed by atoms with van der Waals surface area (Å²) in [5, 5.41) is 1.07. The molecule has 0 saturated heterocycles. The number of oxazole rings is 1. The molecule has 1 aromatic heterocycles. The van der Waals surface area contributed by atoms with Crippen molar-refractivity contribution in [2.24, 2.45) is 0 Å². The average Bonchev–Trinajstić information content (AvgIpc) is 2.90. The van der Waals surface area contributed by atoms with Crippen molar-refractivity contribution in [3.8, 4) is 0 Å². The Bertz CT molecular complexity index is 978. The molecule has 0 fully saturated rings. The van der Waals surface area contributed by atoms with Gasteiger partial charge in [-0.1, -0.05) is 41.4 Å². The summed E-state index contributed by atoms with van der Waals surface area (Å²) in [6.45, 7) is 0.628. The summed E-state index contributed by atoms with van der Waals surface area (Å²) in [7, 11) is 1.70. The zero-order chi connectivity index (χ0) is 18.0. The number of rotatable bonds is 5. The number of para-hydroxylation sites is 2. The molecular weight excluding hydrogens is 363 g/mol. The highest BCUT2D eigenvalue weighted by molar-refractivity contribution is 6.35. The van der Waals surface area contributed by atoms with E-state index in [-0.39, 0.29) is 18.9 Å². The van der Waals surface area contributed by atoms with Crippen molar-refractivity contribution in [1.29, 1.82) is 0 Å². The molecule has 0 aliphatic carbocycles. The Labute approximate surface area is 154 Å². The van der Waals surface area contributed by atoms with Gasteiger partial charge in [-0.3, -0.25) is 9.36 Å². The van der Waals surface area contributed by atoms with E-state index in [0.717, 1.165) is 5.56 Å². The van der Waals surface area contributed by atoms with Crippen molar-refractivity contribution < 1.29 is 9.21 Å². The van der Waals surface area contributed by atoms with Gasteiger partial charge in [-0.15, -0.1) is 0 Å². The lowest BCUT2D eigenvalue weighted by molar-refractivity contribution is -0.130. The number of benzene rings is 2. The van der Waals surface area contributed by atoms with Crippen LogP contribution in [0.4, 0.5) is 0 Å². The highest BCUT2D eigenvalue weighted by Gasteiger charge is 2.14. The van der Waals surface area contributed by atoms with Crippen LogP contribution in [0, 0.1) is 0 Å². The molecule has 25 heavy (non-hydrogen) atoms. The van der Waals surface area contributed by atoms with E-state index in [1.54, 1.807) is 48.3 Å². The average molecular weight is 379 g/mol. The van der Waals surface area contributed by atoms with Crippen molar-refractivity contribution in [1.82, 2.24) is 9.47 Å². The van der Waals surface area contributed by atoms with Crippen molar-refractivity contribution in [2.45, 2.75) is 19.5 Å². The Morgan fingerprint density at radius 1 is 1.20 bits per heavy atom. The summed E-state index contributed by atoms with van der Waals surface area (Å²) in [5.41, 5.74) is 2.01. The molecule has 0 aliphatic heterocycles. The summed E-state index contributed by atoms with van der Waals surface area (Å²) < 4.78 is 6.64. The highest BCUT2D eigenvalue weighted by atomic mass is 35.5. The SMILES string of the molecule is CN(Cc1ccc(Cl)cc1Cl)C(=O)CCn1c(=O)oc2ccccc21. The second kappa shape index (κ2) is 7.33. The highest BCUT2D eigenvalue weighted by Crippen LogP contribution is 2.22. The molecule has 0 unspecified atom stereocenters. The third-order valence-electron chi connectivity index (χ3n) is 3.97. The minimum Gasteiger partial charge on any atom is -0.408 e. The van der Waals surface area contributed by atoms with Crippen molar-refractivity contribution in [3.05, 3.63) is 68.6 Å². The maximum atomic E-state index is 12.4. The van der Waals surface area contributed by atoms with E-state index >= 15 is 0 Å². The molecular formula is C18H16Cl2N2O3. The number of carbonyl (C=O) groups excluding carboxylic acids is 1. The molecule has 0 atom stereocenters. The molecule has 0 saturated carbocycles. The van der Waals surface area contributed by atoms with Gasteiger partial charge in [0, 0.05) is 36.6 Å². The fourth-order valence-electron chi connectivity index (χ4n) is 2.62. The predicted octanol–water partition coefficient (Wildman–Crippen LogP) is 3.95. The summed E-state index contributed by atoms with van der Waals surface area (Å²) >= 11 is 12.0. The minimum atomic E-state index is -0.461. The smallest absolute Gasteiger partial charge is 0.408 e. The molecule has 1 heterocycles. The van der Waals surface area contributed by atoms with Crippen LogP contribution in [0.1, 0.15) is 12.0 Å². The van der Waals surface area contributed by atoms with Crippen molar-refractivity contribution in [2.75, 3.05) is 7.05 Å². The zero-order valence-corrected chi connectivity index (χ0v) is 15.0. The maximum Gasteiger partial charge on any atom is 0.419 e. The molecule has 5 nitrogen and oxygen atoms in total. The maximum absolute atomic E-state index is 12.4. The summed E-state index contributed by atoms with van der Waals surface area (Å²) in [6, 6.07) is 12.3. The van der Waals surface area contributed by atoms with Crippen LogP contribution >= 0.6 is 23.2 Å². The molecule has 3 aromatic rings. The number of fused-ring (bicyclic) bond motifs is 1. The molecule has 1 amide bonds. The summed E-state index contributed by atoms with van der Waals surface area (Å²) in [6.07, 6.45) is 0.186. The first-order valence-corrected chi connectivity index (χ1v) is 8.47. The molecule has 3 rings (SSSR count). The van der Waals surface area contributed by atoms with Crippen LogP contribution in [0.3, 0.4) is 0 Å². The van der Waals surface area contributed by atoms with Gasteiger partial charge in [0.1, 0.15) is 0 Å². The molecule has 0 aliphatic rings. The lowest BCUT2D eigenvalue weighted by atomic mass is 10.2. The van der Waals surface area contributed by atoms with Gasteiger partial charge in [-0.05, 0) is 29.8 Å². The van der Waals surface area contributed by atoms with Gasteiger partial charge in [-0.2, -0.15) is 0 Å². The number of aryl methyl sites for hydroxylation is 1. The number of nitrogens with zero attached hydrogens (tertiary/aromatic N) is 2. The monoisotopic (exact) mass is 378 g/mol.